The average Bonchev–Trinajstić information content (AvgIpc) is 2.60. The lowest BCUT2D eigenvalue weighted by Crippen LogP contribution is -2.30. The maximum Gasteiger partial charge on any atom is 0.220 e. The van der Waals surface area contributed by atoms with Gasteiger partial charge in [0.05, 0.1) is 19.8 Å². The molecule has 5 nitrogen and oxygen atoms in total. The van der Waals surface area contributed by atoms with Crippen LogP contribution in [0.2, 0.25) is 0 Å². The molecule has 0 fully saturated rings. The van der Waals surface area contributed by atoms with Crippen molar-refractivity contribution in [3.8, 4) is 5.75 Å². The van der Waals surface area contributed by atoms with Crippen LogP contribution >= 0.6 is 0 Å². The highest BCUT2D eigenvalue weighted by molar-refractivity contribution is 5.76. The number of hydrogen-bond acceptors (Lipinski definition) is 4. The number of amides is 1. The summed E-state index contributed by atoms with van der Waals surface area (Å²) >= 11 is 0. The van der Waals surface area contributed by atoms with Crippen LogP contribution in [0.25, 0.3) is 0 Å². The lowest BCUT2D eigenvalue weighted by atomic mass is 10.1. The van der Waals surface area contributed by atoms with E-state index in [1.54, 1.807) is 13.3 Å². The Balaban J connectivity index is 1.84. The Labute approximate surface area is 136 Å². The molecule has 0 bridgehead atoms. The van der Waals surface area contributed by atoms with E-state index < -0.39 is 6.04 Å². The zero-order valence-electron chi connectivity index (χ0n) is 13.2. The van der Waals surface area contributed by atoms with Crippen LogP contribution in [0.1, 0.15) is 30.1 Å². The number of rotatable bonds is 8. The molecule has 1 aromatic carbocycles. The summed E-state index contributed by atoms with van der Waals surface area (Å²) in [5, 5.41) is 12.4. The molecule has 2 aromatic rings. The van der Waals surface area contributed by atoms with Gasteiger partial charge in [-0.3, -0.25) is 9.78 Å². The van der Waals surface area contributed by atoms with Crippen molar-refractivity contribution < 1.29 is 14.6 Å². The number of ether oxygens (including phenoxy) is 1. The van der Waals surface area contributed by atoms with E-state index in [0.29, 0.717) is 12.2 Å². The molecule has 0 radical (unpaired) electrons. The summed E-state index contributed by atoms with van der Waals surface area (Å²) in [6, 6.07) is 12.7. The van der Waals surface area contributed by atoms with E-state index in [9.17, 15) is 9.90 Å². The fourth-order valence-electron chi connectivity index (χ4n) is 2.34. The number of nitrogens with one attached hydrogen (secondary N) is 1. The second-order valence-electron chi connectivity index (χ2n) is 5.25. The number of hydrogen-bond donors (Lipinski definition) is 2. The van der Waals surface area contributed by atoms with Crippen LogP contribution < -0.4 is 10.1 Å². The van der Waals surface area contributed by atoms with E-state index in [1.165, 1.54) is 0 Å². The Kier molecular flexibility index (Phi) is 6.56. The second-order valence-corrected chi connectivity index (χ2v) is 5.25. The molecule has 122 valence electrons. The van der Waals surface area contributed by atoms with Crippen molar-refractivity contribution in [2.45, 2.75) is 25.3 Å². The number of carbonyl (C=O) groups excluding carboxylic acids is 1. The zero-order valence-corrected chi connectivity index (χ0v) is 13.2. The Morgan fingerprint density at radius 2 is 2.17 bits per heavy atom. The Hall–Kier alpha value is -2.40. The van der Waals surface area contributed by atoms with E-state index in [-0.39, 0.29) is 12.5 Å². The SMILES string of the molecule is COc1cccc([C@H](CO)NC(=O)CCCc2ccccn2)c1. The van der Waals surface area contributed by atoms with Gasteiger partial charge in [0.1, 0.15) is 5.75 Å². The van der Waals surface area contributed by atoms with Crippen LogP contribution in [-0.2, 0) is 11.2 Å². The van der Waals surface area contributed by atoms with Crippen molar-refractivity contribution in [1.29, 1.82) is 0 Å². The molecule has 23 heavy (non-hydrogen) atoms. The molecular formula is C18H22N2O3. The van der Waals surface area contributed by atoms with Crippen LogP contribution in [0.3, 0.4) is 0 Å². The van der Waals surface area contributed by atoms with Crippen LogP contribution in [0.15, 0.2) is 48.7 Å². The van der Waals surface area contributed by atoms with Gasteiger partial charge in [0.15, 0.2) is 0 Å². The van der Waals surface area contributed by atoms with Gasteiger partial charge in [-0.1, -0.05) is 18.2 Å². The van der Waals surface area contributed by atoms with Crippen molar-refractivity contribution >= 4 is 5.91 Å². The highest BCUT2D eigenvalue weighted by atomic mass is 16.5. The summed E-state index contributed by atoms with van der Waals surface area (Å²) < 4.78 is 5.17. The van der Waals surface area contributed by atoms with Gasteiger partial charge in [-0.2, -0.15) is 0 Å². The van der Waals surface area contributed by atoms with Crippen LogP contribution in [0, 0.1) is 0 Å². The van der Waals surface area contributed by atoms with Crippen molar-refractivity contribution in [2.75, 3.05) is 13.7 Å². The lowest BCUT2D eigenvalue weighted by Gasteiger charge is -2.17. The predicted molar refractivity (Wildman–Crippen MR) is 88.1 cm³/mol. The number of pyridine rings is 1. The van der Waals surface area contributed by atoms with Crippen molar-refractivity contribution in [2.24, 2.45) is 0 Å². The first-order valence-corrected chi connectivity index (χ1v) is 7.67. The molecule has 0 unspecified atom stereocenters. The largest absolute Gasteiger partial charge is 0.497 e. The monoisotopic (exact) mass is 314 g/mol. The fourth-order valence-corrected chi connectivity index (χ4v) is 2.34. The Bertz CT molecular complexity index is 617. The third-order valence-corrected chi connectivity index (χ3v) is 3.58. The summed E-state index contributed by atoms with van der Waals surface area (Å²) in [4.78, 5) is 16.3. The first-order valence-electron chi connectivity index (χ1n) is 7.67. The van der Waals surface area contributed by atoms with Gasteiger partial charge in [-0.25, -0.2) is 0 Å². The van der Waals surface area contributed by atoms with E-state index in [2.05, 4.69) is 10.3 Å². The standard InChI is InChI=1S/C18H22N2O3/c1-23-16-9-4-6-14(12-16)17(13-21)20-18(22)10-5-8-15-7-2-3-11-19-15/h2-4,6-7,9,11-12,17,21H,5,8,10,13H2,1H3,(H,20,22)/t17-/m0/s1. The maximum atomic E-state index is 12.1. The van der Waals surface area contributed by atoms with Crippen molar-refractivity contribution in [3.05, 3.63) is 59.9 Å². The molecule has 1 atom stereocenters. The molecule has 2 N–H and O–H groups in total. The molecular weight excluding hydrogens is 292 g/mol. The maximum absolute atomic E-state index is 12.1. The Morgan fingerprint density at radius 3 is 2.87 bits per heavy atom. The predicted octanol–water partition coefficient (Wildman–Crippen LogP) is 2.26. The minimum atomic E-state index is -0.424. The van der Waals surface area contributed by atoms with Gasteiger partial charge in [0, 0.05) is 18.3 Å². The minimum Gasteiger partial charge on any atom is -0.497 e. The number of carbonyl (C=O) groups is 1. The van der Waals surface area contributed by atoms with Crippen molar-refractivity contribution in [1.82, 2.24) is 10.3 Å². The number of benzene rings is 1. The molecule has 1 heterocycles. The number of aryl methyl sites for hydroxylation is 1. The Morgan fingerprint density at radius 1 is 1.30 bits per heavy atom. The average molecular weight is 314 g/mol. The molecule has 0 aliphatic heterocycles. The number of aliphatic hydroxyl groups excluding tert-OH is 1. The molecule has 5 heteroatoms. The summed E-state index contributed by atoms with van der Waals surface area (Å²) in [6.07, 6.45) is 3.63. The minimum absolute atomic E-state index is 0.0807. The normalized spacial score (nSPS) is 11.7. The smallest absolute Gasteiger partial charge is 0.220 e. The summed E-state index contributed by atoms with van der Waals surface area (Å²) in [6.45, 7) is -0.154. The third-order valence-electron chi connectivity index (χ3n) is 3.58. The molecule has 0 saturated carbocycles. The second kappa shape index (κ2) is 8.90. The fraction of sp³-hybridized carbons (Fsp3) is 0.333. The van der Waals surface area contributed by atoms with Crippen LogP contribution in [0.4, 0.5) is 0 Å². The topological polar surface area (TPSA) is 71.5 Å². The highest BCUT2D eigenvalue weighted by Crippen LogP contribution is 2.19. The summed E-state index contributed by atoms with van der Waals surface area (Å²) in [7, 11) is 1.59. The van der Waals surface area contributed by atoms with E-state index in [4.69, 9.17) is 4.74 Å². The molecule has 1 amide bonds. The van der Waals surface area contributed by atoms with Crippen LogP contribution in [-0.4, -0.2) is 29.7 Å². The number of aliphatic hydroxyl groups is 1. The first-order chi connectivity index (χ1) is 11.2. The van der Waals surface area contributed by atoms with Crippen molar-refractivity contribution in [3.63, 3.8) is 0 Å². The quantitative estimate of drug-likeness (QED) is 0.784. The van der Waals surface area contributed by atoms with Gasteiger partial charge in [-0.05, 0) is 42.7 Å². The third kappa shape index (κ3) is 5.38. The molecule has 2 rings (SSSR count). The van der Waals surface area contributed by atoms with E-state index >= 15 is 0 Å². The van der Waals surface area contributed by atoms with Crippen LogP contribution in [0.5, 0.6) is 5.75 Å². The molecule has 0 spiro atoms. The zero-order chi connectivity index (χ0) is 16.5. The summed E-state index contributed by atoms with van der Waals surface area (Å²) in [5.74, 6) is 0.619. The van der Waals surface area contributed by atoms with E-state index in [1.807, 2.05) is 42.5 Å². The van der Waals surface area contributed by atoms with Gasteiger partial charge >= 0.3 is 0 Å². The molecule has 0 saturated heterocycles. The molecule has 0 aliphatic rings. The number of aromatic nitrogens is 1. The highest BCUT2D eigenvalue weighted by Gasteiger charge is 2.14. The van der Waals surface area contributed by atoms with Gasteiger partial charge in [-0.15, -0.1) is 0 Å². The number of nitrogens with zero attached hydrogens (tertiary/aromatic N) is 1. The van der Waals surface area contributed by atoms with Gasteiger partial charge < -0.3 is 15.2 Å². The summed E-state index contributed by atoms with van der Waals surface area (Å²) in [5.41, 5.74) is 1.80. The molecule has 0 aliphatic carbocycles. The molecule has 1 aromatic heterocycles. The number of methoxy groups -OCH3 is 1. The van der Waals surface area contributed by atoms with Gasteiger partial charge in [0.2, 0.25) is 5.91 Å². The van der Waals surface area contributed by atoms with Gasteiger partial charge in [0.25, 0.3) is 0 Å². The first kappa shape index (κ1) is 17.0. The lowest BCUT2D eigenvalue weighted by molar-refractivity contribution is -0.122. The van der Waals surface area contributed by atoms with E-state index in [0.717, 1.165) is 24.1 Å².